The summed E-state index contributed by atoms with van der Waals surface area (Å²) >= 11 is 0. The van der Waals surface area contributed by atoms with Crippen molar-refractivity contribution in [2.24, 2.45) is 0 Å². The average molecular weight is 347 g/mol. The molecule has 3 heterocycles. The molecular formula is C19H20F3N3. The van der Waals surface area contributed by atoms with E-state index in [-0.39, 0.29) is 17.6 Å². The highest BCUT2D eigenvalue weighted by atomic mass is 19.4. The summed E-state index contributed by atoms with van der Waals surface area (Å²) in [5, 5.41) is 0. The normalized spacial score (nSPS) is 20.7. The van der Waals surface area contributed by atoms with Crippen LogP contribution >= 0.6 is 0 Å². The summed E-state index contributed by atoms with van der Waals surface area (Å²) in [6.07, 6.45) is -3.55. The van der Waals surface area contributed by atoms with E-state index in [4.69, 9.17) is 0 Å². The fourth-order valence-electron chi connectivity index (χ4n) is 4.19. The van der Waals surface area contributed by atoms with Crippen LogP contribution in [0.3, 0.4) is 0 Å². The lowest BCUT2D eigenvalue weighted by Gasteiger charge is -2.39. The monoisotopic (exact) mass is 347 g/mol. The maximum Gasteiger partial charge on any atom is 0.417 e. The van der Waals surface area contributed by atoms with Crippen molar-refractivity contribution in [2.45, 2.75) is 51.5 Å². The highest BCUT2D eigenvalue weighted by Gasteiger charge is 2.54. The number of benzene rings is 1. The van der Waals surface area contributed by atoms with E-state index in [9.17, 15) is 13.2 Å². The minimum atomic E-state index is -4.40. The fraction of sp³-hybridized carbons (Fsp3) is 0.421. The van der Waals surface area contributed by atoms with Crippen LogP contribution in [0.4, 0.5) is 30.4 Å². The molecule has 4 rings (SSSR count). The molecule has 2 aliphatic rings. The average Bonchev–Trinajstić information content (AvgIpc) is 2.99. The summed E-state index contributed by atoms with van der Waals surface area (Å²) < 4.78 is 39.6. The second kappa shape index (κ2) is 4.90. The van der Waals surface area contributed by atoms with E-state index in [1.165, 1.54) is 11.6 Å². The van der Waals surface area contributed by atoms with Crippen molar-refractivity contribution in [2.75, 3.05) is 9.80 Å². The number of anilines is 3. The summed E-state index contributed by atoms with van der Waals surface area (Å²) in [6, 6.07) is 9.36. The molecule has 0 saturated carbocycles. The third kappa shape index (κ3) is 2.09. The van der Waals surface area contributed by atoms with Crippen molar-refractivity contribution >= 4 is 17.2 Å². The van der Waals surface area contributed by atoms with Crippen LogP contribution in [0.25, 0.3) is 0 Å². The van der Waals surface area contributed by atoms with Gasteiger partial charge >= 0.3 is 6.18 Å². The molecular weight excluding hydrogens is 327 g/mol. The second-order valence-electron chi connectivity index (χ2n) is 7.55. The van der Waals surface area contributed by atoms with Crippen molar-refractivity contribution in [3.8, 4) is 0 Å². The van der Waals surface area contributed by atoms with E-state index in [0.717, 1.165) is 11.9 Å². The smallest absolute Gasteiger partial charge is 0.345 e. The SMILES string of the molecule is CC(C)N1c2cc(C(F)(F)F)cnc2N2c3ccccc3C(C)(C)C21. The number of fused-ring (bicyclic) bond motifs is 5. The number of halogens is 3. The largest absolute Gasteiger partial charge is 0.417 e. The Kier molecular flexibility index (Phi) is 3.18. The summed E-state index contributed by atoms with van der Waals surface area (Å²) in [7, 11) is 0. The van der Waals surface area contributed by atoms with Gasteiger partial charge in [0.05, 0.1) is 11.3 Å². The Morgan fingerprint density at radius 1 is 1.12 bits per heavy atom. The first-order valence-corrected chi connectivity index (χ1v) is 8.38. The van der Waals surface area contributed by atoms with E-state index in [0.29, 0.717) is 11.5 Å². The molecule has 1 aromatic heterocycles. The van der Waals surface area contributed by atoms with Crippen LogP contribution in [0.15, 0.2) is 36.5 Å². The number of hydrogen-bond acceptors (Lipinski definition) is 3. The lowest BCUT2D eigenvalue weighted by molar-refractivity contribution is -0.137. The van der Waals surface area contributed by atoms with E-state index >= 15 is 0 Å². The molecule has 2 aromatic rings. The molecule has 0 spiro atoms. The molecule has 0 bridgehead atoms. The molecule has 1 unspecified atom stereocenters. The first-order chi connectivity index (χ1) is 11.6. The number of rotatable bonds is 1. The summed E-state index contributed by atoms with van der Waals surface area (Å²) in [6.45, 7) is 8.30. The van der Waals surface area contributed by atoms with Gasteiger partial charge in [-0.1, -0.05) is 32.0 Å². The highest BCUT2D eigenvalue weighted by molar-refractivity contribution is 5.87. The number of pyridine rings is 1. The Bertz CT molecular complexity index is 842. The molecule has 132 valence electrons. The van der Waals surface area contributed by atoms with Gasteiger partial charge in [-0.25, -0.2) is 4.98 Å². The Morgan fingerprint density at radius 3 is 2.44 bits per heavy atom. The Morgan fingerprint density at radius 2 is 1.80 bits per heavy atom. The molecule has 1 aromatic carbocycles. The quantitative estimate of drug-likeness (QED) is 0.717. The van der Waals surface area contributed by atoms with Gasteiger partial charge in [0.15, 0.2) is 5.82 Å². The zero-order valence-electron chi connectivity index (χ0n) is 14.6. The molecule has 0 saturated heterocycles. The fourth-order valence-corrected chi connectivity index (χ4v) is 4.19. The molecule has 3 nitrogen and oxygen atoms in total. The van der Waals surface area contributed by atoms with E-state index < -0.39 is 11.7 Å². The number of nitrogens with zero attached hydrogens (tertiary/aromatic N) is 3. The van der Waals surface area contributed by atoms with Crippen LogP contribution in [-0.4, -0.2) is 17.2 Å². The zero-order valence-corrected chi connectivity index (χ0v) is 14.6. The molecule has 2 aliphatic heterocycles. The van der Waals surface area contributed by atoms with Crippen LogP contribution in [0.1, 0.15) is 38.8 Å². The number of alkyl halides is 3. The van der Waals surface area contributed by atoms with Gasteiger partial charge in [-0.2, -0.15) is 13.2 Å². The van der Waals surface area contributed by atoms with Gasteiger partial charge in [-0.3, -0.25) is 0 Å². The van der Waals surface area contributed by atoms with Gasteiger partial charge in [-0.05, 0) is 31.5 Å². The number of para-hydroxylation sites is 1. The Labute approximate surface area is 145 Å². The van der Waals surface area contributed by atoms with E-state index in [1.807, 2.05) is 32.0 Å². The molecule has 0 N–H and O–H groups in total. The first-order valence-electron chi connectivity index (χ1n) is 8.38. The lowest BCUT2D eigenvalue weighted by atomic mass is 9.83. The van der Waals surface area contributed by atoms with E-state index in [1.54, 1.807) is 0 Å². The van der Waals surface area contributed by atoms with Gasteiger partial charge in [-0.15, -0.1) is 0 Å². The molecule has 0 amide bonds. The van der Waals surface area contributed by atoms with Gasteiger partial charge in [0.2, 0.25) is 0 Å². The Hall–Kier alpha value is -2.24. The standard InChI is InChI=1S/C19H20F3N3/c1-11(2)24-15-9-12(19(20,21)22)10-23-16(15)25-14-8-6-5-7-13(14)18(3,4)17(24)25/h5-11,17H,1-4H3. The number of hydrogen-bond donors (Lipinski definition) is 0. The Balaban J connectivity index is 1.97. The van der Waals surface area contributed by atoms with Crippen molar-refractivity contribution in [1.29, 1.82) is 0 Å². The highest BCUT2D eigenvalue weighted by Crippen LogP contribution is 2.57. The topological polar surface area (TPSA) is 19.4 Å². The first kappa shape index (κ1) is 16.2. The van der Waals surface area contributed by atoms with Crippen LogP contribution in [0, 0.1) is 0 Å². The van der Waals surface area contributed by atoms with E-state index in [2.05, 4.69) is 34.7 Å². The summed E-state index contributed by atoms with van der Waals surface area (Å²) in [5.41, 5.74) is 1.83. The summed E-state index contributed by atoms with van der Waals surface area (Å²) in [5.74, 6) is 0.602. The molecule has 1 atom stereocenters. The van der Waals surface area contributed by atoms with Gasteiger partial charge in [0, 0.05) is 23.3 Å². The number of aromatic nitrogens is 1. The molecule has 0 fully saturated rings. The van der Waals surface area contributed by atoms with Gasteiger partial charge in [0.1, 0.15) is 6.17 Å². The zero-order chi connectivity index (χ0) is 18.1. The third-order valence-corrected chi connectivity index (χ3v) is 5.25. The molecule has 25 heavy (non-hydrogen) atoms. The molecule has 0 radical (unpaired) electrons. The predicted octanol–water partition coefficient (Wildman–Crippen LogP) is 5.08. The molecule has 6 heteroatoms. The van der Waals surface area contributed by atoms with Gasteiger partial charge in [0.25, 0.3) is 0 Å². The lowest BCUT2D eigenvalue weighted by Crippen LogP contribution is -2.51. The third-order valence-electron chi connectivity index (χ3n) is 5.25. The minimum absolute atomic E-state index is 0.0487. The van der Waals surface area contributed by atoms with Crippen LogP contribution in [0.2, 0.25) is 0 Å². The molecule has 0 aliphatic carbocycles. The minimum Gasteiger partial charge on any atom is -0.345 e. The maximum absolute atomic E-state index is 13.2. The second-order valence-corrected chi connectivity index (χ2v) is 7.55. The van der Waals surface area contributed by atoms with Crippen LogP contribution < -0.4 is 9.80 Å². The van der Waals surface area contributed by atoms with Crippen molar-refractivity contribution in [3.63, 3.8) is 0 Å². The van der Waals surface area contributed by atoms with Crippen LogP contribution in [-0.2, 0) is 11.6 Å². The van der Waals surface area contributed by atoms with Crippen molar-refractivity contribution < 1.29 is 13.2 Å². The van der Waals surface area contributed by atoms with Crippen molar-refractivity contribution in [3.05, 3.63) is 47.7 Å². The predicted molar refractivity (Wildman–Crippen MR) is 92.2 cm³/mol. The van der Waals surface area contributed by atoms with Crippen molar-refractivity contribution in [1.82, 2.24) is 4.98 Å². The maximum atomic E-state index is 13.2. The summed E-state index contributed by atoms with van der Waals surface area (Å²) in [4.78, 5) is 8.38. The van der Waals surface area contributed by atoms with Crippen LogP contribution in [0.5, 0.6) is 0 Å². The van der Waals surface area contributed by atoms with Gasteiger partial charge < -0.3 is 9.80 Å².